The molecule has 1 aliphatic heterocycles. The van der Waals surface area contributed by atoms with Crippen LogP contribution in [0.4, 0.5) is 4.39 Å². The summed E-state index contributed by atoms with van der Waals surface area (Å²) in [6, 6.07) is 6.32. The van der Waals surface area contributed by atoms with Gasteiger partial charge in [0.15, 0.2) is 0 Å². The molecule has 5 nitrogen and oxygen atoms in total. The quantitative estimate of drug-likeness (QED) is 0.814. The Hall–Kier alpha value is -1.95. The molecule has 1 aromatic carbocycles. The molecule has 2 fully saturated rings. The fourth-order valence-electron chi connectivity index (χ4n) is 4.32. The van der Waals surface area contributed by atoms with Gasteiger partial charge in [0.25, 0.3) is 0 Å². The number of hydrogen-bond acceptors (Lipinski definition) is 3. The molecule has 0 spiro atoms. The molecule has 1 atom stereocenters. The van der Waals surface area contributed by atoms with Crippen molar-refractivity contribution in [3.05, 3.63) is 35.6 Å². The third-order valence-corrected chi connectivity index (χ3v) is 5.85. The van der Waals surface area contributed by atoms with Crippen molar-refractivity contribution in [2.45, 2.75) is 50.5 Å². The standard InChI is InChI=1S/C20H28FN3O2/c1-2-24-11-10-22-19(26)17(24)13-18(25)23-14-20(8-3-4-9-20)15-6-5-7-16(21)12-15/h5-7,12,17H,2-4,8-11,13-14H2,1H3,(H,22,26)(H,23,25)/t17-/m0/s1. The van der Waals surface area contributed by atoms with Crippen LogP contribution in [0.1, 0.15) is 44.6 Å². The van der Waals surface area contributed by atoms with E-state index in [2.05, 4.69) is 10.6 Å². The van der Waals surface area contributed by atoms with E-state index in [4.69, 9.17) is 0 Å². The Morgan fingerprint density at radius 2 is 2.15 bits per heavy atom. The molecule has 1 aromatic rings. The highest BCUT2D eigenvalue weighted by atomic mass is 19.1. The van der Waals surface area contributed by atoms with Crippen molar-refractivity contribution in [2.24, 2.45) is 0 Å². The average Bonchev–Trinajstić information content (AvgIpc) is 3.12. The van der Waals surface area contributed by atoms with E-state index < -0.39 is 6.04 Å². The molecular formula is C20H28FN3O2. The fourth-order valence-corrected chi connectivity index (χ4v) is 4.32. The molecular weight excluding hydrogens is 333 g/mol. The van der Waals surface area contributed by atoms with E-state index in [-0.39, 0.29) is 29.5 Å². The minimum atomic E-state index is -0.401. The van der Waals surface area contributed by atoms with Gasteiger partial charge in [-0.05, 0) is 37.1 Å². The highest BCUT2D eigenvalue weighted by Gasteiger charge is 2.37. The van der Waals surface area contributed by atoms with Crippen LogP contribution in [0.3, 0.4) is 0 Å². The van der Waals surface area contributed by atoms with Crippen molar-refractivity contribution in [1.82, 2.24) is 15.5 Å². The zero-order valence-electron chi connectivity index (χ0n) is 15.4. The van der Waals surface area contributed by atoms with Crippen LogP contribution in [0.15, 0.2) is 24.3 Å². The highest BCUT2D eigenvalue weighted by molar-refractivity contribution is 5.88. The first-order valence-corrected chi connectivity index (χ1v) is 9.58. The van der Waals surface area contributed by atoms with Gasteiger partial charge in [-0.25, -0.2) is 4.39 Å². The van der Waals surface area contributed by atoms with Crippen molar-refractivity contribution in [3.8, 4) is 0 Å². The second-order valence-electron chi connectivity index (χ2n) is 7.41. The second kappa shape index (κ2) is 8.16. The number of halogens is 1. The zero-order valence-corrected chi connectivity index (χ0v) is 15.4. The summed E-state index contributed by atoms with van der Waals surface area (Å²) in [6.45, 7) is 4.65. The summed E-state index contributed by atoms with van der Waals surface area (Å²) in [7, 11) is 0. The van der Waals surface area contributed by atoms with Crippen LogP contribution in [0, 0.1) is 5.82 Å². The minimum Gasteiger partial charge on any atom is -0.355 e. The maximum absolute atomic E-state index is 13.7. The Labute approximate surface area is 154 Å². The third-order valence-electron chi connectivity index (χ3n) is 5.85. The summed E-state index contributed by atoms with van der Waals surface area (Å²) in [6.07, 6.45) is 4.23. The Morgan fingerprint density at radius 3 is 2.85 bits per heavy atom. The molecule has 2 amide bonds. The van der Waals surface area contributed by atoms with Gasteiger partial charge in [-0.3, -0.25) is 14.5 Å². The van der Waals surface area contributed by atoms with Gasteiger partial charge in [0.1, 0.15) is 5.82 Å². The second-order valence-corrected chi connectivity index (χ2v) is 7.41. The van der Waals surface area contributed by atoms with Crippen molar-refractivity contribution in [2.75, 3.05) is 26.2 Å². The molecule has 0 bridgehead atoms. The van der Waals surface area contributed by atoms with Crippen molar-refractivity contribution >= 4 is 11.8 Å². The summed E-state index contributed by atoms with van der Waals surface area (Å²) >= 11 is 0. The van der Waals surface area contributed by atoms with E-state index in [1.54, 1.807) is 12.1 Å². The van der Waals surface area contributed by atoms with Gasteiger partial charge in [-0.2, -0.15) is 0 Å². The molecule has 1 saturated carbocycles. The first-order valence-electron chi connectivity index (χ1n) is 9.58. The smallest absolute Gasteiger partial charge is 0.237 e. The molecule has 0 radical (unpaired) electrons. The maximum atomic E-state index is 13.7. The molecule has 2 N–H and O–H groups in total. The summed E-state index contributed by atoms with van der Waals surface area (Å²) in [5.41, 5.74) is 0.762. The van der Waals surface area contributed by atoms with Crippen LogP contribution in [0.25, 0.3) is 0 Å². The molecule has 1 saturated heterocycles. The number of carbonyl (C=O) groups excluding carboxylic acids is 2. The average molecular weight is 361 g/mol. The number of piperazine rings is 1. The number of rotatable bonds is 6. The molecule has 3 rings (SSSR count). The highest BCUT2D eigenvalue weighted by Crippen LogP contribution is 2.40. The fraction of sp³-hybridized carbons (Fsp3) is 0.600. The molecule has 2 aliphatic rings. The van der Waals surface area contributed by atoms with Crippen LogP contribution in [-0.4, -0.2) is 48.9 Å². The molecule has 0 unspecified atom stereocenters. The van der Waals surface area contributed by atoms with Crippen LogP contribution in [-0.2, 0) is 15.0 Å². The minimum absolute atomic E-state index is 0.0750. The normalized spacial score (nSPS) is 22.8. The molecule has 26 heavy (non-hydrogen) atoms. The predicted molar refractivity (Wildman–Crippen MR) is 98.2 cm³/mol. The van der Waals surface area contributed by atoms with Crippen molar-refractivity contribution in [1.29, 1.82) is 0 Å². The first kappa shape index (κ1) is 18.8. The van der Waals surface area contributed by atoms with Crippen LogP contribution in [0.2, 0.25) is 0 Å². The molecule has 1 aliphatic carbocycles. The van der Waals surface area contributed by atoms with Crippen LogP contribution in [0.5, 0.6) is 0 Å². The van der Waals surface area contributed by atoms with Crippen molar-refractivity contribution < 1.29 is 14.0 Å². The Morgan fingerprint density at radius 1 is 1.38 bits per heavy atom. The summed E-state index contributed by atoms with van der Waals surface area (Å²) in [5.74, 6) is -0.431. The van der Waals surface area contributed by atoms with Gasteiger partial charge in [0.05, 0.1) is 12.5 Å². The number of benzene rings is 1. The Kier molecular flexibility index (Phi) is 5.91. The number of nitrogens with one attached hydrogen (secondary N) is 2. The number of hydrogen-bond donors (Lipinski definition) is 2. The van der Waals surface area contributed by atoms with Gasteiger partial charge in [0.2, 0.25) is 11.8 Å². The van der Waals surface area contributed by atoms with E-state index >= 15 is 0 Å². The number of nitrogens with zero attached hydrogens (tertiary/aromatic N) is 1. The molecule has 0 aromatic heterocycles. The third kappa shape index (κ3) is 4.06. The van der Waals surface area contributed by atoms with Gasteiger partial charge < -0.3 is 10.6 Å². The van der Waals surface area contributed by atoms with Crippen LogP contribution >= 0.6 is 0 Å². The number of amides is 2. The maximum Gasteiger partial charge on any atom is 0.237 e. The van der Waals surface area contributed by atoms with Crippen LogP contribution < -0.4 is 10.6 Å². The molecule has 1 heterocycles. The van der Waals surface area contributed by atoms with Gasteiger partial charge >= 0.3 is 0 Å². The van der Waals surface area contributed by atoms with Gasteiger partial charge in [0, 0.05) is 25.0 Å². The van der Waals surface area contributed by atoms with E-state index in [9.17, 15) is 14.0 Å². The summed E-state index contributed by atoms with van der Waals surface area (Å²) < 4.78 is 13.7. The number of likely N-dealkylation sites (N-methyl/N-ethyl adjacent to an activating group) is 1. The van der Waals surface area contributed by atoms with Gasteiger partial charge in [-0.1, -0.05) is 31.9 Å². The first-order chi connectivity index (χ1) is 12.5. The lowest BCUT2D eigenvalue weighted by atomic mass is 9.78. The monoisotopic (exact) mass is 361 g/mol. The SMILES string of the molecule is CCN1CCNC(=O)[C@@H]1CC(=O)NCC1(c2cccc(F)c2)CCCC1. The summed E-state index contributed by atoms with van der Waals surface area (Å²) in [4.78, 5) is 26.7. The topological polar surface area (TPSA) is 61.4 Å². The lowest BCUT2D eigenvalue weighted by Gasteiger charge is -2.34. The largest absolute Gasteiger partial charge is 0.355 e. The van der Waals surface area contributed by atoms with E-state index in [1.165, 1.54) is 6.07 Å². The van der Waals surface area contributed by atoms with E-state index in [1.807, 2.05) is 17.9 Å². The molecule has 6 heteroatoms. The predicted octanol–water partition coefficient (Wildman–Crippen LogP) is 1.96. The lowest BCUT2D eigenvalue weighted by molar-refractivity contribution is -0.133. The molecule has 142 valence electrons. The lowest BCUT2D eigenvalue weighted by Crippen LogP contribution is -2.56. The summed E-state index contributed by atoms with van der Waals surface area (Å²) in [5, 5.41) is 5.86. The number of carbonyl (C=O) groups is 2. The Balaban J connectivity index is 1.64. The van der Waals surface area contributed by atoms with Crippen molar-refractivity contribution in [3.63, 3.8) is 0 Å². The van der Waals surface area contributed by atoms with E-state index in [0.29, 0.717) is 13.1 Å². The Bertz CT molecular complexity index is 658. The van der Waals surface area contributed by atoms with Gasteiger partial charge in [-0.15, -0.1) is 0 Å². The zero-order chi connectivity index (χ0) is 18.6. The van der Waals surface area contributed by atoms with E-state index in [0.717, 1.165) is 44.3 Å².